The topological polar surface area (TPSA) is 54.8 Å². The number of rotatable bonds is 3. The number of benzene rings is 1. The van der Waals surface area contributed by atoms with Crippen LogP contribution in [0, 0.1) is 5.92 Å². The Bertz CT molecular complexity index is 1050. The summed E-state index contributed by atoms with van der Waals surface area (Å²) >= 11 is 0. The summed E-state index contributed by atoms with van der Waals surface area (Å²) < 4.78 is 5.41. The molecule has 0 saturated heterocycles. The molecule has 5 nitrogen and oxygen atoms in total. The fourth-order valence-electron chi connectivity index (χ4n) is 4.55. The molecule has 1 amide bonds. The van der Waals surface area contributed by atoms with Crippen LogP contribution in [-0.4, -0.2) is 36.3 Å². The zero-order valence-electron chi connectivity index (χ0n) is 17.9. The molecule has 0 saturated carbocycles. The Balaban J connectivity index is 1.81. The quantitative estimate of drug-likeness (QED) is 0.542. The van der Waals surface area contributed by atoms with Gasteiger partial charge in [0.05, 0.1) is 5.69 Å². The number of pyridine rings is 1. The van der Waals surface area contributed by atoms with Crippen LogP contribution in [0.3, 0.4) is 0 Å². The molecule has 0 spiro atoms. The number of carbonyl (C=O) groups is 1. The first-order chi connectivity index (χ1) is 14.4. The number of aromatic nitrogens is 1. The van der Waals surface area contributed by atoms with Gasteiger partial charge in [0.25, 0.3) is 0 Å². The van der Waals surface area contributed by atoms with Gasteiger partial charge in [-0.15, -0.1) is 0 Å². The van der Waals surface area contributed by atoms with E-state index in [9.17, 15) is 4.79 Å². The Morgan fingerprint density at radius 2 is 2.00 bits per heavy atom. The molecule has 2 unspecified atom stereocenters. The van der Waals surface area contributed by atoms with Crippen LogP contribution < -0.4 is 4.74 Å². The first-order valence-electron chi connectivity index (χ1n) is 10.3. The van der Waals surface area contributed by atoms with Crippen LogP contribution in [0.5, 0.6) is 5.88 Å². The molecular formula is C25H27N3O2. The van der Waals surface area contributed by atoms with Gasteiger partial charge in [0.15, 0.2) is 0 Å². The minimum Gasteiger partial charge on any atom is -0.391 e. The third-order valence-corrected chi connectivity index (χ3v) is 5.81. The molecule has 2 aromatic rings. The van der Waals surface area contributed by atoms with Gasteiger partial charge in [-0.05, 0) is 31.1 Å². The van der Waals surface area contributed by atoms with Crippen LogP contribution in [0.15, 0.2) is 70.8 Å². The highest BCUT2D eigenvalue weighted by atomic mass is 16.6. The molecule has 5 heteroatoms. The summed E-state index contributed by atoms with van der Waals surface area (Å²) in [5, 5.41) is 0. The van der Waals surface area contributed by atoms with Gasteiger partial charge >= 0.3 is 6.09 Å². The lowest BCUT2D eigenvalue weighted by Gasteiger charge is -2.45. The Morgan fingerprint density at radius 3 is 2.70 bits per heavy atom. The van der Waals surface area contributed by atoms with Crippen LogP contribution >= 0.6 is 0 Å². The maximum Gasteiger partial charge on any atom is 0.416 e. The second-order valence-corrected chi connectivity index (χ2v) is 8.18. The summed E-state index contributed by atoms with van der Waals surface area (Å²) in [4.78, 5) is 23.2. The van der Waals surface area contributed by atoms with E-state index in [1.54, 1.807) is 20.2 Å². The zero-order valence-corrected chi connectivity index (χ0v) is 17.9. The van der Waals surface area contributed by atoms with Crippen molar-refractivity contribution in [2.45, 2.75) is 32.2 Å². The fraction of sp³-hybridized carbons (Fsp3) is 0.320. The molecule has 4 rings (SSSR count). The maximum absolute atomic E-state index is 12.0. The third-order valence-electron chi connectivity index (χ3n) is 5.81. The highest BCUT2D eigenvalue weighted by Crippen LogP contribution is 2.52. The molecule has 30 heavy (non-hydrogen) atoms. The van der Waals surface area contributed by atoms with Gasteiger partial charge in [-0.3, -0.25) is 4.99 Å². The maximum atomic E-state index is 12.0. The molecule has 0 fully saturated rings. The lowest BCUT2D eigenvalue weighted by molar-refractivity contribution is 0.169. The predicted molar refractivity (Wildman–Crippen MR) is 119 cm³/mol. The minimum absolute atomic E-state index is 0.247. The summed E-state index contributed by atoms with van der Waals surface area (Å²) in [5.74, 6) is 0.578. The Morgan fingerprint density at radius 1 is 1.23 bits per heavy atom. The molecule has 1 heterocycles. The molecular weight excluding hydrogens is 374 g/mol. The molecule has 1 aromatic carbocycles. The number of fused-ring (bicyclic) bond motifs is 4. The van der Waals surface area contributed by atoms with Crippen molar-refractivity contribution in [3.05, 3.63) is 82.6 Å². The standard InChI is InChI=1S/C25H27N3O2/c1-5-20-19-13-17(2)15-25(20,26-16-18-9-7-6-8-10-18)21-11-12-23(27-22(21)14-19)30-24(29)28(3)4/h5-13,16,19H,14-15H2,1-4H3/b20-5+,26-16+. The molecule has 1 aromatic heterocycles. The minimum atomic E-state index is -0.473. The van der Waals surface area contributed by atoms with Crippen LogP contribution in [0.1, 0.15) is 37.1 Å². The first kappa shape index (κ1) is 20.1. The number of carbonyl (C=O) groups excluding carboxylic acids is 1. The molecule has 0 radical (unpaired) electrons. The molecule has 2 bridgehead atoms. The normalized spacial score (nSPS) is 23.8. The van der Waals surface area contributed by atoms with Gasteiger partial charge in [-0.25, -0.2) is 9.78 Å². The summed E-state index contributed by atoms with van der Waals surface area (Å²) in [6, 6.07) is 14.0. The lowest BCUT2D eigenvalue weighted by Crippen LogP contribution is -2.40. The van der Waals surface area contributed by atoms with Crippen LogP contribution in [0.2, 0.25) is 0 Å². The third kappa shape index (κ3) is 3.56. The Hall–Kier alpha value is -3.21. The summed E-state index contributed by atoms with van der Waals surface area (Å²) in [6.45, 7) is 4.27. The monoisotopic (exact) mass is 401 g/mol. The average molecular weight is 402 g/mol. The van der Waals surface area contributed by atoms with E-state index in [1.165, 1.54) is 16.0 Å². The number of hydrogen-bond acceptors (Lipinski definition) is 4. The van der Waals surface area contributed by atoms with E-state index in [-0.39, 0.29) is 5.92 Å². The highest BCUT2D eigenvalue weighted by molar-refractivity contribution is 5.80. The first-order valence-corrected chi connectivity index (χ1v) is 10.3. The van der Waals surface area contributed by atoms with E-state index in [0.29, 0.717) is 5.88 Å². The zero-order chi connectivity index (χ0) is 21.3. The van der Waals surface area contributed by atoms with Crippen molar-refractivity contribution >= 4 is 12.3 Å². The van der Waals surface area contributed by atoms with E-state index in [4.69, 9.17) is 14.7 Å². The Kier molecular flexibility index (Phi) is 5.29. The van der Waals surface area contributed by atoms with E-state index < -0.39 is 11.6 Å². The molecule has 0 N–H and O–H groups in total. The largest absolute Gasteiger partial charge is 0.416 e. The number of amides is 1. The highest BCUT2D eigenvalue weighted by Gasteiger charge is 2.46. The number of hydrogen-bond donors (Lipinski definition) is 0. The summed E-state index contributed by atoms with van der Waals surface area (Å²) in [5.41, 5.74) is 5.29. The number of allylic oxidation sites excluding steroid dienone is 2. The van der Waals surface area contributed by atoms with Gasteiger partial charge in [-0.1, -0.05) is 48.1 Å². The van der Waals surface area contributed by atoms with Crippen molar-refractivity contribution in [1.29, 1.82) is 0 Å². The number of nitrogens with zero attached hydrogens (tertiary/aromatic N) is 3. The summed E-state index contributed by atoms with van der Waals surface area (Å²) in [7, 11) is 3.31. The van der Waals surface area contributed by atoms with Crippen LogP contribution in [0.4, 0.5) is 4.79 Å². The smallest absolute Gasteiger partial charge is 0.391 e. The van der Waals surface area contributed by atoms with Crippen molar-refractivity contribution in [1.82, 2.24) is 9.88 Å². The fourth-order valence-corrected chi connectivity index (χ4v) is 4.55. The van der Waals surface area contributed by atoms with Gasteiger partial charge in [0.2, 0.25) is 5.88 Å². The van der Waals surface area contributed by atoms with E-state index in [1.807, 2.05) is 30.5 Å². The van der Waals surface area contributed by atoms with Crippen molar-refractivity contribution < 1.29 is 9.53 Å². The van der Waals surface area contributed by atoms with E-state index in [0.717, 1.165) is 29.7 Å². The molecule has 2 atom stereocenters. The number of aliphatic imine (C=N–C) groups is 1. The average Bonchev–Trinajstić information content (AvgIpc) is 2.72. The van der Waals surface area contributed by atoms with Crippen LogP contribution in [-0.2, 0) is 12.0 Å². The predicted octanol–water partition coefficient (Wildman–Crippen LogP) is 4.93. The van der Waals surface area contributed by atoms with Crippen molar-refractivity contribution in [3.63, 3.8) is 0 Å². The van der Waals surface area contributed by atoms with Gasteiger partial charge < -0.3 is 9.64 Å². The second kappa shape index (κ2) is 7.90. The van der Waals surface area contributed by atoms with Crippen molar-refractivity contribution in [2.24, 2.45) is 10.9 Å². The SMILES string of the molecule is C/C=C1\C2C=C(C)CC1(/N=C/c1ccccc1)c1ccc(OC(=O)N(C)C)nc1C2. The second-order valence-electron chi connectivity index (χ2n) is 8.18. The summed E-state index contributed by atoms with van der Waals surface area (Å²) in [6.07, 6.45) is 7.67. The molecule has 2 aliphatic rings. The van der Waals surface area contributed by atoms with E-state index >= 15 is 0 Å². The lowest BCUT2D eigenvalue weighted by atomic mass is 9.63. The van der Waals surface area contributed by atoms with Gasteiger partial charge in [0.1, 0.15) is 5.54 Å². The molecule has 2 aliphatic carbocycles. The van der Waals surface area contributed by atoms with Crippen molar-refractivity contribution in [2.75, 3.05) is 14.1 Å². The molecule has 154 valence electrons. The van der Waals surface area contributed by atoms with Gasteiger partial charge in [-0.2, -0.15) is 0 Å². The van der Waals surface area contributed by atoms with Gasteiger partial charge in [0, 0.05) is 50.7 Å². The van der Waals surface area contributed by atoms with Crippen molar-refractivity contribution in [3.8, 4) is 5.88 Å². The van der Waals surface area contributed by atoms with Crippen LogP contribution in [0.25, 0.3) is 0 Å². The Labute approximate surface area is 177 Å². The molecule has 0 aliphatic heterocycles. The number of ether oxygens (including phenoxy) is 1. The van der Waals surface area contributed by atoms with E-state index in [2.05, 4.69) is 38.1 Å².